The number of aromatic nitrogens is 2. The quantitative estimate of drug-likeness (QED) is 0.490. The Morgan fingerprint density at radius 2 is 1.45 bits per heavy atom. The third-order valence-electron chi connectivity index (χ3n) is 5.04. The predicted octanol–water partition coefficient (Wildman–Crippen LogP) is 4.58. The Bertz CT molecular complexity index is 1200. The molecule has 0 aliphatic carbocycles. The van der Waals surface area contributed by atoms with E-state index >= 15 is 0 Å². The van der Waals surface area contributed by atoms with Crippen molar-refractivity contribution in [2.24, 2.45) is 0 Å². The van der Waals surface area contributed by atoms with Crippen molar-refractivity contribution in [1.29, 1.82) is 0 Å². The Morgan fingerprint density at radius 1 is 0.903 bits per heavy atom. The highest BCUT2D eigenvalue weighted by Gasteiger charge is 2.41. The number of carboxylic acids is 1. The van der Waals surface area contributed by atoms with Crippen LogP contribution in [0.15, 0.2) is 78.9 Å². The lowest BCUT2D eigenvalue weighted by molar-refractivity contribution is -0.141. The zero-order valence-electron chi connectivity index (χ0n) is 16.0. The number of carboxylic acid groups (broad SMARTS) is 1. The molecule has 0 radical (unpaired) electrons. The van der Waals surface area contributed by atoms with E-state index in [-0.39, 0.29) is 22.4 Å². The summed E-state index contributed by atoms with van der Waals surface area (Å²) in [6, 6.07) is 20.3. The van der Waals surface area contributed by atoms with Gasteiger partial charge in [-0.15, -0.1) is 0 Å². The molecule has 8 heteroatoms. The van der Waals surface area contributed by atoms with Crippen molar-refractivity contribution in [3.8, 4) is 0 Å². The lowest BCUT2D eigenvalue weighted by Gasteiger charge is -2.30. The number of halogens is 3. The number of aromatic carboxylic acids is 1. The average Bonchev–Trinajstić information content (AvgIpc) is 3.11. The summed E-state index contributed by atoms with van der Waals surface area (Å²) in [6.45, 7) is -1.44. The highest BCUT2D eigenvalue weighted by molar-refractivity contribution is 5.92. The third kappa shape index (κ3) is 3.77. The number of carbonyl (C=O) groups is 1. The molecule has 158 valence electrons. The normalized spacial score (nSPS) is 12.3. The van der Waals surface area contributed by atoms with E-state index in [4.69, 9.17) is 0 Å². The number of rotatable bonds is 5. The summed E-state index contributed by atoms with van der Waals surface area (Å²) >= 11 is 0. The second-order valence-electron chi connectivity index (χ2n) is 7.09. The second kappa shape index (κ2) is 7.55. The molecule has 1 aromatic heterocycles. The molecular formula is C23H17F3N2O3. The molecule has 0 atom stereocenters. The van der Waals surface area contributed by atoms with Gasteiger partial charge in [0.25, 0.3) is 0 Å². The fourth-order valence-electron chi connectivity index (χ4n) is 3.65. The lowest BCUT2D eigenvalue weighted by Crippen LogP contribution is -2.34. The molecule has 0 aliphatic heterocycles. The first kappa shape index (κ1) is 20.6. The standard InChI is InChI=1S/C23H17F3N2O3/c24-22(25,26)14-28-19-13-15(20(29)30)11-12-18(19)27-21(28)23(31,16-7-3-1-4-8-16)17-9-5-2-6-10-17/h1-13,31H,14H2,(H,29,30). The molecule has 2 N–H and O–H groups in total. The van der Waals surface area contributed by atoms with Crippen LogP contribution < -0.4 is 0 Å². The van der Waals surface area contributed by atoms with Crippen molar-refractivity contribution < 1.29 is 28.2 Å². The van der Waals surface area contributed by atoms with Crippen molar-refractivity contribution in [2.75, 3.05) is 0 Å². The summed E-state index contributed by atoms with van der Waals surface area (Å²) in [5.41, 5.74) is -1.40. The van der Waals surface area contributed by atoms with Crippen LogP contribution in [0.3, 0.4) is 0 Å². The topological polar surface area (TPSA) is 75.3 Å². The molecule has 31 heavy (non-hydrogen) atoms. The van der Waals surface area contributed by atoms with E-state index in [9.17, 15) is 28.2 Å². The number of hydrogen-bond donors (Lipinski definition) is 2. The molecule has 0 amide bonds. The SMILES string of the molecule is O=C(O)c1ccc2nc(C(O)(c3ccccc3)c3ccccc3)n(CC(F)(F)F)c2c1. The summed E-state index contributed by atoms with van der Waals surface area (Å²) in [4.78, 5) is 15.7. The molecule has 0 saturated heterocycles. The van der Waals surface area contributed by atoms with Gasteiger partial charge in [0.2, 0.25) is 0 Å². The number of hydrogen-bond acceptors (Lipinski definition) is 3. The monoisotopic (exact) mass is 426 g/mol. The minimum atomic E-state index is -4.63. The maximum Gasteiger partial charge on any atom is 0.406 e. The minimum Gasteiger partial charge on any atom is -0.478 e. The zero-order chi connectivity index (χ0) is 22.2. The maximum absolute atomic E-state index is 13.5. The van der Waals surface area contributed by atoms with E-state index in [2.05, 4.69) is 4.98 Å². The van der Waals surface area contributed by atoms with E-state index in [1.54, 1.807) is 60.7 Å². The zero-order valence-corrected chi connectivity index (χ0v) is 16.0. The maximum atomic E-state index is 13.5. The van der Waals surface area contributed by atoms with Crippen molar-refractivity contribution in [1.82, 2.24) is 9.55 Å². The minimum absolute atomic E-state index is 0.0301. The number of aliphatic hydroxyl groups is 1. The largest absolute Gasteiger partial charge is 0.478 e. The molecule has 1 heterocycles. The Labute approximate surface area is 175 Å². The summed E-state index contributed by atoms with van der Waals surface area (Å²) in [7, 11) is 0. The molecule has 0 bridgehead atoms. The molecular weight excluding hydrogens is 409 g/mol. The Morgan fingerprint density at radius 3 is 1.94 bits per heavy atom. The molecule has 0 spiro atoms. The van der Waals surface area contributed by atoms with Gasteiger partial charge < -0.3 is 14.8 Å². The van der Waals surface area contributed by atoms with E-state index in [1.165, 1.54) is 12.1 Å². The summed E-state index contributed by atoms with van der Waals surface area (Å²) in [5.74, 6) is -1.52. The Balaban J connectivity index is 2.07. The highest BCUT2D eigenvalue weighted by atomic mass is 19.4. The molecule has 4 rings (SSSR count). The van der Waals surface area contributed by atoms with Crippen LogP contribution in [-0.4, -0.2) is 31.9 Å². The first-order valence-corrected chi connectivity index (χ1v) is 9.34. The van der Waals surface area contributed by atoms with Gasteiger partial charge in [-0.2, -0.15) is 13.2 Å². The van der Waals surface area contributed by atoms with Gasteiger partial charge >= 0.3 is 12.1 Å². The highest BCUT2D eigenvalue weighted by Crippen LogP contribution is 2.38. The first-order chi connectivity index (χ1) is 14.7. The first-order valence-electron chi connectivity index (χ1n) is 9.34. The van der Waals surface area contributed by atoms with Gasteiger partial charge in [0.05, 0.1) is 16.6 Å². The van der Waals surface area contributed by atoms with Gasteiger partial charge in [-0.3, -0.25) is 0 Å². The molecule has 0 unspecified atom stereocenters. The van der Waals surface area contributed by atoms with Crippen molar-refractivity contribution >= 4 is 17.0 Å². The van der Waals surface area contributed by atoms with Crippen LogP contribution in [0, 0.1) is 0 Å². The molecule has 3 aromatic carbocycles. The molecule has 0 aliphatic rings. The number of alkyl halides is 3. The Hall–Kier alpha value is -3.65. The summed E-state index contributed by atoms with van der Waals surface area (Å²) in [5, 5.41) is 21.2. The van der Waals surface area contributed by atoms with Gasteiger partial charge in [0.15, 0.2) is 11.4 Å². The second-order valence-corrected chi connectivity index (χ2v) is 7.09. The average molecular weight is 426 g/mol. The Kier molecular flexibility index (Phi) is 5.02. The number of fused-ring (bicyclic) bond motifs is 1. The summed E-state index contributed by atoms with van der Waals surface area (Å²) in [6.07, 6.45) is -4.63. The van der Waals surface area contributed by atoms with Gasteiger partial charge in [-0.1, -0.05) is 60.7 Å². The molecule has 0 fully saturated rings. The number of benzene rings is 3. The van der Waals surface area contributed by atoms with E-state index < -0.39 is 24.3 Å². The van der Waals surface area contributed by atoms with Gasteiger partial charge in [-0.25, -0.2) is 9.78 Å². The van der Waals surface area contributed by atoms with Crippen LogP contribution in [0.1, 0.15) is 27.3 Å². The van der Waals surface area contributed by atoms with Crippen LogP contribution in [0.5, 0.6) is 0 Å². The van der Waals surface area contributed by atoms with Crippen LogP contribution in [0.25, 0.3) is 11.0 Å². The van der Waals surface area contributed by atoms with Crippen LogP contribution in [-0.2, 0) is 12.1 Å². The van der Waals surface area contributed by atoms with E-state index in [0.29, 0.717) is 11.1 Å². The fourth-order valence-corrected chi connectivity index (χ4v) is 3.65. The smallest absolute Gasteiger partial charge is 0.406 e. The van der Waals surface area contributed by atoms with Gasteiger partial charge in [0, 0.05) is 0 Å². The molecule has 0 saturated carbocycles. The number of nitrogens with zero attached hydrogens (tertiary/aromatic N) is 2. The third-order valence-corrected chi connectivity index (χ3v) is 5.04. The van der Waals surface area contributed by atoms with E-state index in [0.717, 1.165) is 10.6 Å². The predicted molar refractivity (Wildman–Crippen MR) is 108 cm³/mol. The van der Waals surface area contributed by atoms with Gasteiger partial charge in [-0.05, 0) is 29.3 Å². The van der Waals surface area contributed by atoms with Crippen LogP contribution in [0.2, 0.25) is 0 Å². The number of imidazole rings is 1. The van der Waals surface area contributed by atoms with E-state index in [1.807, 2.05) is 0 Å². The van der Waals surface area contributed by atoms with Crippen LogP contribution >= 0.6 is 0 Å². The lowest BCUT2D eigenvalue weighted by atomic mass is 9.85. The van der Waals surface area contributed by atoms with Crippen molar-refractivity contribution in [2.45, 2.75) is 18.3 Å². The van der Waals surface area contributed by atoms with Crippen molar-refractivity contribution in [3.05, 3.63) is 101 Å². The van der Waals surface area contributed by atoms with Gasteiger partial charge in [0.1, 0.15) is 6.54 Å². The molecule has 4 aromatic rings. The molecule has 5 nitrogen and oxygen atoms in total. The van der Waals surface area contributed by atoms with Crippen LogP contribution in [0.4, 0.5) is 13.2 Å². The van der Waals surface area contributed by atoms with Crippen molar-refractivity contribution in [3.63, 3.8) is 0 Å². The summed E-state index contributed by atoms with van der Waals surface area (Å²) < 4.78 is 41.4. The fraction of sp³-hybridized carbons (Fsp3) is 0.130.